The van der Waals surface area contributed by atoms with E-state index < -0.39 is 0 Å². The Kier molecular flexibility index (Phi) is 3.66. The van der Waals surface area contributed by atoms with Gasteiger partial charge < -0.3 is 10.2 Å². The van der Waals surface area contributed by atoms with Crippen LogP contribution < -0.4 is 5.32 Å². The van der Waals surface area contributed by atoms with Gasteiger partial charge in [0.05, 0.1) is 0 Å². The van der Waals surface area contributed by atoms with Gasteiger partial charge in [0.15, 0.2) is 0 Å². The van der Waals surface area contributed by atoms with Gasteiger partial charge in [-0.05, 0) is 57.5 Å². The fraction of sp³-hybridized carbons (Fsp3) is 0.588. The third-order valence-electron chi connectivity index (χ3n) is 4.89. The van der Waals surface area contributed by atoms with Gasteiger partial charge in [-0.2, -0.15) is 0 Å². The third kappa shape index (κ3) is 2.77. The number of fused-ring (bicyclic) bond motifs is 1. The predicted octanol–water partition coefficient (Wildman–Crippen LogP) is 2.21. The first-order chi connectivity index (χ1) is 9.97. The molecule has 1 aromatic carbocycles. The standard InChI is InChI=1S/C17H25N3O/c1-17(2)12-20(10-9-19(17)3)16(21)14-6-7-15-13(11-14)5-4-8-18-15/h6-7,11,18H,4-5,8-10,12H2,1-3H3. The van der Waals surface area contributed by atoms with Crippen molar-refractivity contribution in [2.24, 2.45) is 0 Å². The molecular formula is C17H25N3O. The van der Waals surface area contributed by atoms with Crippen LogP contribution in [0.1, 0.15) is 36.2 Å². The van der Waals surface area contributed by atoms with Crippen molar-refractivity contribution in [2.75, 3.05) is 38.5 Å². The molecule has 0 aromatic heterocycles. The highest BCUT2D eigenvalue weighted by molar-refractivity contribution is 5.95. The fourth-order valence-electron chi connectivity index (χ4n) is 3.20. The molecule has 0 saturated carbocycles. The second kappa shape index (κ2) is 5.34. The minimum Gasteiger partial charge on any atom is -0.385 e. The molecule has 1 aromatic rings. The van der Waals surface area contributed by atoms with E-state index in [0.717, 1.165) is 44.6 Å². The minimum absolute atomic E-state index is 0.0453. The number of nitrogens with one attached hydrogen (secondary N) is 1. The zero-order valence-corrected chi connectivity index (χ0v) is 13.3. The Hall–Kier alpha value is -1.55. The van der Waals surface area contributed by atoms with Crippen LogP contribution in [0.25, 0.3) is 0 Å². The van der Waals surface area contributed by atoms with Gasteiger partial charge in [-0.3, -0.25) is 9.69 Å². The van der Waals surface area contributed by atoms with Crippen molar-refractivity contribution in [3.8, 4) is 0 Å². The smallest absolute Gasteiger partial charge is 0.253 e. The Morgan fingerprint density at radius 3 is 2.86 bits per heavy atom. The van der Waals surface area contributed by atoms with E-state index in [1.54, 1.807) is 0 Å². The van der Waals surface area contributed by atoms with Crippen molar-refractivity contribution >= 4 is 11.6 Å². The van der Waals surface area contributed by atoms with Crippen molar-refractivity contribution in [1.29, 1.82) is 0 Å². The Balaban J connectivity index is 1.79. The number of carbonyl (C=O) groups is 1. The average Bonchev–Trinajstić information content (AvgIpc) is 2.48. The lowest BCUT2D eigenvalue weighted by atomic mass is 9.97. The lowest BCUT2D eigenvalue weighted by Gasteiger charge is -2.45. The predicted molar refractivity (Wildman–Crippen MR) is 85.9 cm³/mol. The van der Waals surface area contributed by atoms with E-state index in [4.69, 9.17) is 0 Å². The van der Waals surface area contributed by atoms with E-state index >= 15 is 0 Å². The van der Waals surface area contributed by atoms with E-state index in [2.05, 4.69) is 43.2 Å². The molecular weight excluding hydrogens is 262 g/mol. The molecule has 1 N–H and O–H groups in total. The summed E-state index contributed by atoms with van der Waals surface area (Å²) >= 11 is 0. The largest absolute Gasteiger partial charge is 0.385 e. The first-order valence-corrected chi connectivity index (χ1v) is 7.85. The Morgan fingerprint density at radius 2 is 2.10 bits per heavy atom. The van der Waals surface area contributed by atoms with Crippen LogP contribution in [0.4, 0.5) is 5.69 Å². The van der Waals surface area contributed by atoms with E-state index in [-0.39, 0.29) is 11.4 Å². The SMILES string of the molecule is CN1CCN(C(=O)c2ccc3c(c2)CCCN3)CC1(C)C. The summed E-state index contributed by atoms with van der Waals surface area (Å²) in [5, 5.41) is 3.40. The highest BCUT2D eigenvalue weighted by Gasteiger charge is 2.33. The van der Waals surface area contributed by atoms with Crippen molar-refractivity contribution in [1.82, 2.24) is 9.80 Å². The first-order valence-electron chi connectivity index (χ1n) is 7.85. The van der Waals surface area contributed by atoms with Crippen LogP contribution in [0.3, 0.4) is 0 Å². The summed E-state index contributed by atoms with van der Waals surface area (Å²) in [7, 11) is 2.13. The molecule has 114 valence electrons. The van der Waals surface area contributed by atoms with Crippen LogP contribution in [0.15, 0.2) is 18.2 Å². The van der Waals surface area contributed by atoms with Crippen LogP contribution >= 0.6 is 0 Å². The van der Waals surface area contributed by atoms with E-state index in [0.29, 0.717) is 0 Å². The molecule has 0 unspecified atom stereocenters. The number of carbonyl (C=O) groups excluding carboxylic acids is 1. The summed E-state index contributed by atoms with van der Waals surface area (Å²) < 4.78 is 0. The number of amides is 1. The maximum absolute atomic E-state index is 12.8. The lowest BCUT2D eigenvalue weighted by molar-refractivity contribution is 0.0311. The van der Waals surface area contributed by atoms with Gasteiger partial charge >= 0.3 is 0 Å². The van der Waals surface area contributed by atoms with Crippen LogP contribution in [0.2, 0.25) is 0 Å². The number of anilines is 1. The molecule has 0 bridgehead atoms. The third-order valence-corrected chi connectivity index (χ3v) is 4.89. The van der Waals surface area contributed by atoms with E-state index in [1.807, 2.05) is 11.0 Å². The Bertz CT molecular complexity index is 553. The Morgan fingerprint density at radius 1 is 1.29 bits per heavy atom. The molecule has 2 aliphatic heterocycles. The number of benzene rings is 1. The normalized spacial score (nSPS) is 21.6. The number of rotatable bonds is 1. The van der Waals surface area contributed by atoms with Gasteiger partial charge in [0.2, 0.25) is 0 Å². The van der Waals surface area contributed by atoms with Crippen molar-refractivity contribution < 1.29 is 4.79 Å². The first kappa shape index (κ1) is 14.4. The topological polar surface area (TPSA) is 35.6 Å². The second-order valence-electron chi connectivity index (χ2n) is 6.86. The minimum atomic E-state index is 0.0453. The number of aryl methyl sites for hydroxylation is 1. The average molecular weight is 287 g/mol. The summed E-state index contributed by atoms with van der Waals surface area (Å²) in [4.78, 5) is 17.1. The number of piperazine rings is 1. The molecule has 3 rings (SSSR count). The van der Waals surface area contributed by atoms with Crippen LogP contribution in [0.5, 0.6) is 0 Å². The molecule has 21 heavy (non-hydrogen) atoms. The zero-order valence-electron chi connectivity index (χ0n) is 13.3. The molecule has 1 fully saturated rings. The molecule has 0 atom stereocenters. The molecule has 1 amide bonds. The van der Waals surface area contributed by atoms with Crippen molar-refractivity contribution in [2.45, 2.75) is 32.2 Å². The monoisotopic (exact) mass is 287 g/mol. The summed E-state index contributed by atoms with van der Waals surface area (Å²) in [6, 6.07) is 6.10. The molecule has 4 heteroatoms. The maximum Gasteiger partial charge on any atom is 0.253 e. The number of likely N-dealkylation sites (N-methyl/N-ethyl adjacent to an activating group) is 1. The van der Waals surface area contributed by atoms with Gasteiger partial charge in [-0.25, -0.2) is 0 Å². The number of hydrogen-bond donors (Lipinski definition) is 1. The van der Waals surface area contributed by atoms with Gasteiger partial charge in [0, 0.05) is 43.0 Å². The van der Waals surface area contributed by atoms with Crippen LogP contribution in [-0.4, -0.2) is 54.5 Å². The highest BCUT2D eigenvalue weighted by Crippen LogP contribution is 2.25. The number of hydrogen-bond acceptors (Lipinski definition) is 3. The molecule has 1 saturated heterocycles. The quantitative estimate of drug-likeness (QED) is 0.860. The molecule has 0 aliphatic carbocycles. The van der Waals surface area contributed by atoms with Crippen LogP contribution in [0, 0.1) is 0 Å². The Labute approximate surface area is 127 Å². The van der Waals surface area contributed by atoms with Crippen LogP contribution in [-0.2, 0) is 6.42 Å². The van der Waals surface area contributed by atoms with Gasteiger partial charge in [0.25, 0.3) is 5.91 Å². The summed E-state index contributed by atoms with van der Waals surface area (Å²) in [6.07, 6.45) is 2.21. The highest BCUT2D eigenvalue weighted by atomic mass is 16.2. The summed E-state index contributed by atoms with van der Waals surface area (Å²) in [5.41, 5.74) is 3.35. The lowest BCUT2D eigenvalue weighted by Crippen LogP contribution is -2.58. The molecule has 2 heterocycles. The molecule has 4 nitrogen and oxygen atoms in total. The number of nitrogens with zero attached hydrogens (tertiary/aromatic N) is 2. The molecule has 0 spiro atoms. The van der Waals surface area contributed by atoms with E-state index in [1.165, 1.54) is 11.3 Å². The van der Waals surface area contributed by atoms with Crippen molar-refractivity contribution in [3.05, 3.63) is 29.3 Å². The van der Waals surface area contributed by atoms with Crippen molar-refractivity contribution in [3.63, 3.8) is 0 Å². The zero-order chi connectivity index (χ0) is 15.0. The summed E-state index contributed by atoms with van der Waals surface area (Å²) in [5.74, 6) is 0.171. The maximum atomic E-state index is 12.8. The van der Waals surface area contributed by atoms with E-state index in [9.17, 15) is 4.79 Å². The second-order valence-corrected chi connectivity index (χ2v) is 6.86. The van der Waals surface area contributed by atoms with Gasteiger partial charge in [0.1, 0.15) is 0 Å². The molecule has 0 radical (unpaired) electrons. The summed E-state index contributed by atoms with van der Waals surface area (Å²) in [6.45, 7) is 7.97. The van der Waals surface area contributed by atoms with Gasteiger partial charge in [-0.15, -0.1) is 0 Å². The van der Waals surface area contributed by atoms with Gasteiger partial charge in [-0.1, -0.05) is 0 Å². The fourth-order valence-corrected chi connectivity index (χ4v) is 3.20. The molecule has 2 aliphatic rings.